The second-order valence-electron chi connectivity index (χ2n) is 10.6. The molecule has 1 fully saturated rings. The lowest BCUT2D eigenvalue weighted by atomic mass is 9.88. The molecule has 1 aliphatic carbocycles. The molecule has 6 rings (SSSR count). The smallest absolute Gasteiger partial charge is 0.282 e. The molecular weight excluding hydrogens is 694 g/mol. The third kappa shape index (κ3) is 6.24. The summed E-state index contributed by atoms with van der Waals surface area (Å²) in [4.78, 5) is 18.7. The molecule has 0 radical (unpaired) electrons. The van der Waals surface area contributed by atoms with Gasteiger partial charge in [-0.1, -0.05) is 89.3 Å². The molecule has 1 aromatic heterocycles. The van der Waals surface area contributed by atoms with Crippen molar-refractivity contribution in [2.45, 2.75) is 51.6 Å². The van der Waals surface area contributed by atoms with E-state index in [0.29, 0.717) is 56.5 Å². The molecule has 0 bridgehead atoms. The van der Waals surface area contributed by atoms with Crippen LogP contribution >= 0.6 is 43.5 Å². The number of hydrogen-bond acceptors (Lipinski definition) is 5. The molecule has 1 saturated carbocycles. The van der Waals surface area contributed by atoms with E-state index in [2.05, 4.69) is 50.1 Å². The van der Waals surface area contributed by atoms with E-state index in [1.54, 1.807) is 12.3 Å². The van der Waals surface area contributed by atoms with Gasteiger partial charge in [-0.05, 0) is 76.3 Å². The van der Waals surface area contributed by atoms with E-state index >= 15 is 0 Å². The summed E-state index contributed by atoms with van der Waals surface area (Å²) in [5.41, 5.74) is 2.17. The van der Waals surface area contributed by atoms with Crippen molar-refractivity contribution >= 4 is 71.4 Å². The van der Waals surface area contributed by atoms with Crippen LogP contribution in [-0.2, 0) is 6.61 Å². The molecule has 9 heteroatoms. The van der Waals surface area contributed by atoms with Gasteiger partial charge in [-0.3, -0.25) is 4.79 Å². The molecule has 0 saturated heterocycles. The Morgan fingerprint density at radius 3 is 2.60 bits per heavy atom. The summed E-state index contributed by atoms with van der Waals surface area (Å²) in [6.45, 7) is 2.65. The fourth-order valence-electron chi connectivity index (χ4n) is 5.69. The average Bonchev–Trinajstić information content (AvgIpc) is 3.03. The molecule has 0 aliphatic heterocycles. The number of aromatic nitrogens is 2. The number of rotatable bonds is 8. The molecular formula is C34H30Br2ClN3O3. The summed E-state index contributed by atoms with van der Waals surface area (Å²) >= 11 is 14.0. The van der Waals surface area contributed by atoms with Gasteiger partial charge in [0.25, 0.3) is 5.56 Å². The second-order valence-corrected chi connectivity index (χ2v) is 12.7. The van der Waals surface area contributed by atoms with E-state index in [1.807, 2.05) is 49.4 Å². The maximum absolute atomic E-state index is 13.8. The van der Waals surface area contributed by atoms with Crippen LogP contribution in [0.25, 0.3) is 21.7 Å². The molecule has 0 atom stereocenters. The van der Waals surface area contributed by atoms with E-state index in [1.165, 1.54) is 11.1 Å². The fraction of sp³-hybridized carbons (Fsp3) is 0.265. The van der Waals surface area contributed by atoms with Gasteiger partial charge >= 0.3 is 0 Å². The first kappa shape index (κ1) is 29.9. The van der Waals surface area contributed by atoms with Gasteiger partial charge in [0.1, 0.15) is 17.5 Å². The highest BCUT2D eigenvalue weighted by molar-refractivity contribution is 9.10. The summed E-state index contributed by atoms with van der Waals surface area (Å²) in [5, 5.41) is 7.85. The Morgan fingerprint density at radius 2 is 1.79 bits per heavy atom. The number of halogens is 3. The van der Waals surface area contributed by atoms with E-state index in [9.17, 15) is 4.79 Å². The minimum atomic E-state index is -0.203. The quantitative estimate of drug-likeness (QED) is 0.150. The first-order valence-electron chi connectivity index (χ1n) is 14.5. The zero-order valence-electron chi connectivity index (χ0n) is 23.7. The molecule has 43 heavy (non-hydrogen) atoms. The van der Waals surface area contributed by atoms with Gasteiger partial charge < -0.3 is 9.47 Å². The van der Waals surface area contributed by atoms with Gasteiger partial charge in [0, 0.05) is 20.4 Å². The number of ether oxygens (including phenoxy) is 2. The Balaban J connectivity index is 1.38. The predicted octanol–water partition coefficient (Wildman–Crippen LogP) is 9.64. The van der Waals surface area contributed by atoms with Gasteiger partial charge in [-0.25, -0.2) is 4.98 Å². The van der Waals surface area contributed by atoms with E-state index in [4.69, 9.17) is 31.2 Å². The summed E-state index contributed by atoms with van der Waals surface area (Å²) in [7, 11) is 0. The Kier molecular flexibility index (Phi) is 9.17. The number of nitrogens with zero attached hydrogens (tertiary/aromatic N) is 3. The summed E-state index contributed by atoms with van der Waals surface area (Å²) < 4.78 is 15.1. The SMILES string of the molecule is CCOc1cc(C=Nn2c(C3CCCCC3)nc3ccc(Br)cc3c2=O)c(Br)c(Cl)c1OCc1cccc2ccccc12. The molecule has 5 aromatic rings. The van der Waals surface area contributed by atoms with Gasteiger partial charge in [-0.15, -0.1) is 0 Å². The van der Waals surface area contributed by atoms with Crippen LogP contribution in [0.15, 0.2) is 85.6 Å². The van der Waals surface area contributed by atoms with Gasteiger partial charge in [0.15, 0.2) is 11.5 Å². The van der Waals surface area contributed by atoms with Gasteiger partial charge in [-0.2, -0.15) is 9.78 Å². The van der Waals surface area contributed by atoms with Crippen molar-refractivity contribution in [2.75, 3.05) is 6.61 Å². The van der Waals surface area contributed by atoms with Crippen LogP contribution in [0.5, 0.6) is 11.5 Å². The van der Waals surface area contributed by atoms with Crippen molar-refractivity contribution < 1.29 is 9.47 Å². The molecule has 4 aromatic carbocycles. The first-order chi connectivity index (χ1) is 20.9. The largest absolute Gasteiger partial charge is 0.490 e. The zero-order valence-corrected chi connectivity index (χ0v) is 27.6. The minimum Gasteiger partial charge on any atom is -0.490 e. The van der Waals surface area contributed by atoms with Crippen LogP contribution < -0.4 is 15.0 Å². The topological polar surface area (TPSA) is 65.7 Å². The minimum absolute atomic E-state index is 0.169. The van der Waals surface area contributed by atoms with E-state index < -0.39 is 0 Å². The van der Waals surface area contributed by atoms with Crippen molar-refractivity contribution in [3.05, 3.63) is 108 Å². The summed E-state index contributed by atoms with van der Waals surface area (Å²) in [6.07, 6.45) is 7.02. The van der Waals surface area contributed by atoms with Crippen molar-refractivity contribution in [2.24, 2.45) is 5.10 Å². The van der Waals surface area contributed by atoms with Crippen LogP contribution in [0.3, 0.4) is 0 Å². The third-order valence-electron chi connectivity index (χ3n) is 7.82. The average molecular weight is 724 g/mol. The normalized spacial score (nSPS) is 14.1. The highest BCUT2D eigenvalue weighted by Gasteiger charge is 2.23. The number of hydrogen-bond donors (Lipinski definition) is 0. The zero-order chi connectivity index (χ0) is 29.9. The molecule has 0 amide bonds. The second kappa shape index (κ2) is 13.2. The van der Waals surface area contributed by atoms with Crippen molar-refractivity contribution in [3.63, 3.8) is 0 Å². The standard InChI is InChI=1S/C34H30Br2ClN3O3/c1-2-42-29-17-24(30(36)31(37)32(29)43-20-23-13-8-12-21-9-6-7-14-26(21)23)19-38-40-33(22-10-4-3-5-11-22)39-28-16-15-25(35)18-27(28)34(40)41/h6-9,12-19,22H,2-5,10-11,20H2,1H3. The van der Waals surface area contributed by atoms with Crippen molar-refractivity contribution in [1.82, 2.24) is 9.66 Å². The molecule has 6 nitrogen and oxygen atoms in total. The van der Waals surface area contributed by atoms with Crippen LogP contribution in [0.1, 0.15) is 61.9 Å². The fourth-order valence-corrected chi connectivity index (χ4v) is 6.70. The molecule has 220 valence electrons. The molecule has 1 aliphatic rings. The predicted molar refractivity (Wildman–Crippen MR) is 181 cm³/mol. The molecule has 0 N–H and O–H groups in total. The first-order valence-corrected chi connectivity index (χ1v) is 16.4. The lowest BCUT2D eigenvalue weighted by Crippen LogP contribution is -2.25. The Bertz CT molecular complexity index is 1900. The van der Waals surface area contributed by atoms with E-state index in [-0.39, 0.29) is 11.5 Å². The van der Waals surface area contributed by atoms with Crippen molar-refractivity contribution in [3.8, 4) is 11.5 Å². The van der Waals surface area contributed by atoms with Crippen LogP contribution in [0, 0.1) is 0 Å². The lowest BCUT2D eigenvalue weighted by molar-refractivity contribution is 0.270. The van der Waals surface area contributed by atoms with E-state index in [0.717, 1.165) is 46.5 Å². The highest BCUT2D eigenvalue weighted by atomic mass is 79.9. The highest BCUT2D eigenvalue weighted by Crippen LogP contribution is 2.43. The number of benzene rings is 4. The molecule has 0 spiro atoms. The van der Waals surface area contributed by atoms with Crippen LogP contribution in [0.2, 0.25) is 5.02 Å². The van der Waals surface area contributed by atoms with Gasteiger partial charge in [0.05, 0.1) is 23.7 Å². The lowest BCUT2D eigenvalue weighted by Gasteiger charge is -2.23. The summed E-state index contributed by atoms with van der Waals surface area (Å²) in [5.74, 6) is 1.80. The molecule has 1 heterocycles. The molecule has 0 unspecified atom stereocenters. The maximum Gasteiger partial charge on any atom is 0.282 e. The summed E-state index contributed by atoms with van der Waals surface area (Å²) in [6, 6.07) is 21.8. The van der Waals surface area contributed by atoms with Crippen molar-refractivity contribution in [1.29, 1.82) is 0 Å². The van der Waals surface area contributed by atoms with Crippen LogP contribution in [0.4, 0.5) is 0 Å². The maximum atomic E-state index is 13.8. The Hall–Kier alpha value is -3.20. The van der Waals surface area contributed by atoms with Gasteiger partial charge in [0.2, 0.25) is 0 Å². The Morgan fingerprint density at radius 1 is 1.00 bits per heavy atom. The number of fused-ring (bicyclic) bond motifs is 2. The Labute approximate surface area is 271 Å². The monoisotopic (exact) mass is 721 g/mol. The van der Waals surface area contributed by atoms with Crippen LogP contribution in [-0.4, -0.2) is 22.5 Å². The third-order valence-corrected chi connectivity index (χ3v) is 9.76.